The standard InChI is InChI=1S/C10H16BrF/c1-9(2)7-3-4-10(9,6-11)8(12)5-7/h7-8H,3-6H2,1-2H3/t7-,8-,10-/m0/s1. The first-order valence-electron chi connectivity index (χ1n) is 4.74. The molecule has 3 atom stereocenters. The Morgan fingerprint density at radius 3 is 2.42 bits per heavy atom. The normalized spacial score (nSPS) is 50.0. The number of alkyl halides is 2. The first-order valence-corrected chi connectivity index (χ1v) is 5.87. The molecule has 2 fully saturated rings. The van der Waals surface area contributed by atoms with Gasteiger partial charge in [0, 0.05) is 10.7 Å². The second-order valence-corrected chi connectivity index (χ2v) is 5.51. The third-order valence-electron chi connectivity index (χ3n) is 4.57. The summed E-state index contributed by atoms with van der Waals surface area (Å²) in [6.45, 7) is 4.48. The minimum absolute atomic E-state index is 0.0440. The Labute approximate surface area is 82.0 Å². The number of hydrogen-bond acceptors (Lipinski definition) is 0. The molecule has 0 aromatic carbocycles. The summed E-state index contributed by atoms with van der Waals surface area (Å²) < 4.78 is 13.7. The molecule has 0 amide bonds. The van der Waals surface area contributed by atoms with Crippen LogP contribution in [-0.2, 0) is 0 Å². The molecule has 0 spiro atoms. The molecule has 0 unspecified atom stereocenters. The smallest absolute Gasteiger partial charge is 0.107 e. The third-order valence-corrected chi connectivity index (χ3v) is 5.57. The lowest BCUT2D eigenvalue weighted by Crippen LogP contribution is -2.38. The molecule has 0 aromatic heterocycles. The van der Waals surface area contributed by atoms with E-state index in [0.717, 1.165) is 18.2 Å². The van der Waals surface area contributed by atoms with Crippen LogP contribution in [0.3, 0.4) is 0 Å². The van der Waals surface area contributed by atoms with Crippen molar-refractivity contribution < 1.29 is 4.39 Å². The fraction of sp³-hybridized carbons (Fsp3) is 1.00. The minimum atomic E-state index is -0.564. The summed E-state index contributed by atoms with van der Waals surface area (Å²) in [7, 11) is 0. The second-order valence-electron chi connectivity index (χ2n) is 4.95. The molecule has 2 saturated carbocycles. The fourth-order valence-corrected chi connectivity index (χ4v) is 4.65. The van der Waals surface area contributed by atoms with Crippen LogP contribution in [0.2, 0.25) is 0 Å². The van der Waals surface area contributed by atoms with Crippen molar-refractivity contribution in [2.45, 2.75) is 39.3 Å². The fourth-order valence-electron chi connectivity index (χ4n) is 3.29. The van der Waals surface area contributed by atoms with Gasteiger partial charge in [-0.1, -0.05) is 29.8 Å². The third kappa shape index (κ3) is 0.779. The molecule has 2 bridgehead atoms. The van der Waals surface area contributed by atoms with Gasteiger partial charge in [-0.05, 0) is 30.6 Å². The van der Waals surface area contributed by atoms with Crippen molar-refractivity contribution in [3.05, 3.63) is 0 Å². The van der Waals surface area contributed by atoms with Crippen LogP contribution in [0.15, 0.2) is 0 Å². The van der Waals surface area contributed by atoms with E-state index < -0.39 is 6.17 Å². The van der Waals surface area contributed by atoms with Crippen molar-refractivity contribution in [1.82, 2.24) is 0 Å². The maximum absolute atomic E-state index is 13.7. The van der Waals surface area contributed by atoms with Gasteiger partial charge < -0.3 is 0 Å². The Morgan fingerprint density at radius 1 is 1.50 bits per heavy atom. The maximum atomic E-state index is 13.7. The Kier molecular flexibility index (Phi) is 1.84. The number of rotatable bonds is 1. The van der Waals surface area contributed by atoms with Gasteiger partial charge in [-0.25, -0.2) is 4.39 Å². The molecular weight excluding hydrogens is 219 g/mol. The van der Waals surface area contributed by atoms with Crippen LogP contribution in [0.4, 0.5) is 4.39 Å². The number of halogens is 2. The summed E-state index contributed by atoms with van der Waals surface area (Å²) in [6, 6.07) is 0. The van der Waals surface area contributed by atoms with Crippen molar-refractivity contribution in [2.24, 2.45) is 16.7 Å². The first kappa shape index (κ1) is 8.98. The van der Waals surface area contributed by atoms with E-state index in [4.69, 9.17) is 0 Å². The molecule has 2 heteroatoms. The van der Waals surface area contributed by atoms with E-state index in [9.17, 15) is 4.39 Å². The van der Waals surface area contributed by atoms with Crippen LogP contribution in [0.25, 0.3) is 0 Å². The van der Waals surface area contributed by atoms with Crippen LogP contribution in [0.1, 0.15) is 33.1 Å². The van der Waals surface area contributed by atoms with Crippen LogP contribution in [0, 0.1) is 16.7 Å². The van der Waals surface area contributed by atoms with Gasteiger partial charge in [-0.2, -0.15) is 0 Å². The van der Waals surface area contributed by atoms with Gasteiger partial charge in [-0.3, -0.25) is 0 Å². The molecule has 12 heavy (non-hydrogen) atoms. The first-order chi connectivity index (χ1) is 5.54. The highest BCUT2D eigenvalue weighted by atomic mass is 79.9. The van der Waals surface area contributed by atoms with Crippen LogP contribution >= 0.6 is 15.9 Å². The molecule has 2 aliphatic rings. The monoisotopic (exact) mass is 234 g/mol. The molecule has 0 N–H and O–H groups in total. The van der Waals surface area contributed by atoms with Crippen molar-refractivity contribution in [3.8, 4) is 0 Å². The van der Waals surface area contributed by atoms with E-state index in [1.807, 2.05) is 0 Å². The van der Waals surface area contributed by atoms with Gasteiger partial charge in [-0.15, -0.1) is 0 Å². The molecular formula is C10H16BrF. The van der Waals surface area contributed by atoms with Crippen LogP contribution in [0.5, 0.6) is 0 Å². The average molecular weight is 235 g/mol. The SMILES string of the molecule is CC1(C)[C@H]2CC[C@]1(CBr)[C@@H](F)C2. The van der Waals surface area contributed by atoms with Gasteiger partial charge in [0.1, 0.15) is 6.17 Å². The predicted molar refractivity (Wildman–Crippen MR) is 52.2 cm³/mol. The van der Waals surface area contributed by atoms with Gasteiger partial charge in [0.2, 0.25) is 0 Å². The zero-order valence-electron chi connectivity index (χ0n) is 7.74. The molecule has 0 nitrogen and oxygen atoms in total. The average Bonchev–Trinajstić information content (AvgIpc) is 2.36. The Bertz CT molecular complexity index is 202. The van der Waals surface area contributed by atoms with Gasteiger partial charge in [0.05, 0.1) is 0 Å². The molecule has 70 valence electrons. The van der Waals surface area contributed by atoms with E-state index >= 15 is 0 Å². The summed E-state index contributed by atoms with van der Waals surface area (Å²) in [4.78, 5) is 0. The van der Waals surface area contributed by atoms with E-state index in [2.05, 4.69) is 29.8 Å². The molecule has 0 saturated heterocycles. The second kappa shape index (κ2) is 2.46. The molecule has 2 aliphatic carbocycles. The molecule has 0 heterocycles. The largest absolute Gasteiger partial charge is 0.247 e. The predicted octanol–water partition coefficient (Wildman–Crippen LogP) is 3.55. The lowest BCUT2D eigenvalue weighted by molar-refractivity contribution is 0.0804. The Hall–Kier alpha value is 0.410. The lowest BCUT2D eigenvalue weighted by Gasteiger charge is -2.37. The highest BCUT2D eigenvalue weighted by Crippen LogP contribution is 2.67. The zero-order chi connectivity index (χ0) is 8.98. The molecule has 0 radical (unpaired) electrons. The van der Waals surface area contributed by atoms with Crippen molar-refractivity contribution >= 4 is 15.9 Å². The van der Waals surface area contributed by atoms with Crippen LogP contribution in [-0.4, -0.2) is 11.5 Å². The number of fused-ring (bicyclic) bond motifs is 2. The van der Waals surface area contributed by atoms with Crippen molar-refractivity contribution in [1.29, 1.82) is 0 Å². The Morgan fingerprint density at radius 2 is 2.17 bits per heavy atom. The van der Waals surface area contributed by atoms with Gasteiger partial charge >= 0.3 is 0 Å². The number of hydrogen-bond donors (Lipinski definition) is 0. The van der Waals surface area contributed by atoms with Gasteiger partial charge in [0.15, 0.2) is 0 Å². The van der Waals surface area contributed by atoms with E-state index in [1.165, 1.54) is 6.42 Å². The summed E-state index contributed by atoms with van der Waals surface area (Å²) >= 11 is 3.50. The van der Waals surface area contributed by atoms with Crippen molar-refractivity contribution in [2.75, 3.05) is 5.33 Å². The van der Waals surface area contributed by atoms with Crippen molar-refractivity contribution in [3.63, 3.8) is 0 Å². The van der Waals surface area contributed by atoms with Crippen LogP contribution < -0.4 is 0 Å². The maximum Gasteiger partial charge on any atom is 0.107 e. The van der Waals surface area contributed by atoms with E-state index in [-0.39, 0.29) is 10.8 Å². The topological polar surface area (TPSA) is 0 Å². The lowest BCUT2D eigenvalue weighted by atomic mass is 9.70. The van der Waals surface area contributed by atoms with E-state index in [1.54, 1.807) is 0 Å². The van der Waals surface area contributed by atoms with Gasteiger partial charge in [0.25, 0.3) is 0 Å². The molecule has 0 aromatic rings. The highest BCUT2D eigenvalue weighted by molar-refractivity contribution is 9.09. The van der Waals surface area contributed by atoms with E-state index in [0.29, 0.717) is 5.92 Å². The summed E-state index contributed by atoms with van der Waals surface area (Å²) in [5.74, 6) is 0.630. The summed E-state index contributed by atoms with van der Waals surface area (Å²) in [5, 5.41) is 0.838. The zero-order valence-corrected chi connectivity index (χ0v) is 9.33. The molecule has 2 rings (SSSR count). The summed E-state index contributed by atoms with van der Waals surface area (Å²) in [6.07, 6.45) is 2.56. The minimum Gasteiger partial charge on any atom is -0.247 e. The highest BCUT2D eigenvalue weighted by Gasteiger charge is 2.63. The molecule has 0 aliphatic heterocycles. The summed E-state index contributed by atoms with van der Waals surface area (Å²) in [5.41, 5.74) is 0.174. The quantitative estimate of drug-likeness (QED) is 0.610. The Balaban J connectivity index is 2.39.